The molecule has 5 heteroatoms. The average Bonchev–Trinajstić information content (AvgIpc) is 2.40. The maximum absolute atomic E-state index is 11.9. The highest BCUT2D eigenvalue weighted by Gasteiger charge is 2.36. The first kappa shape index (κ1) is 18.1. The van der Waals surface area contributed by atoms with Gasteiger partial charge in [0.1, 0.15) is 5.75 Å². The molecule has 0 amide bonds. The van der Waals surface area contributed by atoms with Crippen LogP contribution in [0.25, 0.3) is 0 Å². The lowest BCUT2D eigenvalue weighted by Gasteiger charge is -2.19. The number of unbranched alkanes of at least 4 members (excludes halogenated alkanes) is 1. The summed E-state index contributed by atoms with van der Waals surface area (Å²) >= 11 is 0. The zero-order valence-corrected chi connectivity index (χ0v) is 12.9. The van der Waals surface area contributed by atoms with E-state index >= 15 is 0 Å². The van der Waals surface area contributed by atoms with Gasteiger partial charge in [-0.15, -0.1) is 0 Å². The quantitative estimate of drug-likeness (QED) is 0.471. The molecule has 1 aromatic rings. The zero-order valence-electron chi connectivity index (χ0n) is 12.9. The SMILES string of the molecule is CC(C)(C)c1ccc(OCCCC#CC(=O)C(F)(F)F)cc1. The second-order valence-corrected chi connectivity index (χ2v) is 5.86. The van der Waals surface area contributed by atoms with Gasteiger partial charge in [-0.05, 0) is 35.5 Å². The van der Waals surface area contributed by atoms with Crippen LogP contribution in [0.3, 0.4) is 0 Å². The maximum atomic E-state index is 11.9. The second-order valence-electron chi connectivity index (χ2n) is 5.86. The van der Waals surface area contributed by atoms with Gasteiger partial charge in [0.05, 0.1) is 6.61 Å². The first-order valence-electron chi connectivity index (χ1n) is 6.94. The van der Waals surface area contributed by atoms with Crippen LogP contribution in [0.2, 0.25) is 0 Å². The molecule has 0 fully saturated rings. The number of hydrogen-bond acceptors (Lipinski definition) is 2. The van der Waals surface area contributed by atoms with Gasteiger partial charge in [0.25, 0.3) is 0 Å². The number of alkyl halides is 3. The first-order valence-corrected chi connectivity index (χ1v) is 6.94. The number of carbonyl (C=O) groups is 1. The Balaban J connectivity index is 2.34. The van der Waals surface area contributed by atoms with Crippen LogP contribution >= 0.6 is 0 Å². The van der Waals surface area contributed by atoms with Crippen molar-refractivity contribution in [2.45, 2.75) is 45.2 Å². The van der Waals surface area contributed by atoms with Crippen molar-refractivity contribution < 1.29 is 22.7 Å². The van der Waals surface area contributed by atoms with E-state index in [1.807, 2.05) is 24.3 Å². The summed E-state index contributed by atoms with van der Waals surface area (Å²) in [6.45, 7) is 6.68. The monoisotopic (exact) mass is 312 g/mol. The van der Waals surface area contributed by atoms with Gasteiger partial charge in [-0.2, -0.15) is 13.2 Å². The third kappa shape index (κ3) is 6.21. The number of halogens is 3. The van der Waals surface area contributed by atoms with Gasteiger partial charge in [0.15, 0.2) is 0 Å². The molecule has 0 aliphatic heterocycles. The number of rotatable bonds is 4. The third-order valence-corrected chi connectivity index (χ3v) is 2.89. The smallest absolute Gasteiger partial charge is 0.462 e. The molecule has 1 rings (SSSR count). The summed E-state index contributed by atoms with van der Waals surface area (Å²) in [5.74, 6) is 2.48. The van der Waals surface area contributed by atoms with Gasteiger partial charge < -0.3 is 4.74 Å². The lowest BCUT2D eigenvalue weighted by Crippen LogP contribution is -2.20. The van der Waals surface area contributed by atoms with Crippen molar-refractivity contribution >= 4 is 5.78 Å². The normalized spacial score (nSPS) is 11.5. The molecule has 0 aliphatic carbocycles. The molecule has 22 heavy (non-hydrogen) atoms. The summed E-state index contributed by atoms with van der Waals surface area (Å²) in [7, 11) is 0. The second kappa shape index (κ2) is 7.35. The van der Waals surface area contributed by atoms with Gasteiger partial charge in [-0.25, -0.2) is 0 Å². The van der Waals surface area contributed by atoms with E-state index in [0.717, 1.165) is 0 Å². The van der Waals surface area contributed by atoms with Crippen LogP contribution in [0.4, 0.5) is 13.2 Å². The van der Waals surface area contributed by atoms with Gasteiger partial charge in [0, 0.05) is 6.42 Å². The lowest BCUT2D eigenvalue weighted by atomic mass is 9.87. The van der Waals surface area contributed by atoms with Crippen LogP contribution in [0.5, 0.6) is 5.75 Å². The van der Waals surface area contributed by atoms with Crippen LogP contribution in [-0.2, 0) is 10.2 Å². The molecule has 2 nitrogen and oxygen atoms in total. The summed E-state index contributed by atoms with van der Waals surface area (Å²) in [6.07, 6.45) is -4.24. The van der Waals surface area contributed by atoms with Crippen LogP contribution in [0, 0.1) is 11.8 Å². The van der Waals surface area contributed by atoms with Crippen molar-refractivity contribution in [3.63, 3.8) is 0 Å². The fourth-order valence-electron chi connectivity index (χ4n) is 1.62. The highest BCUT2D eigenvalue weighted by molar-refractivity contribution is 5.99. The lowest BCUT2D eigenvalue weighted by molar-refractivity contribution is -0.164. The number of Topliss-reactive ketones (excluding diaryl/α,β-unsaturated/α-hetero) is 1. The summed E-state index contributed by atoms with van der Waals surface area (Å²) in [6, 6.07) is 7.69. The molecule has 120 valence electrons. The molecule has 0 atom stereocenters. The van der Waals surface area contributed by atoms with Crippen LogP contribution in [-0.4, -0.2) is 18.6 Å². The van der Waals surface area contributed by atoms with Crippen molar-refractivity contribution in [2.24, 2.45) is 0 Å². The predicted molar refractivity (Wildman–Crippen MR) is 78.7 cm³/mol. The van der Waals surface area contributed by atoms with E-state index in [4.69, 9.17) is 4.74 Å². The molecule has 0 heterocycles. The Labute approximate surface area is 128 Å². The fourth-order valence-corrected chi connectivity index (χ4v) is 1.62. The minimum absolute atomic E-state index is 0.0686. The molecule has 1 aromatic carbocycles. The first-order chi connectivity index (χ1) is 10.1. The zero-order chi connectivity index (χ0) is 16.8. The van der Waals surface area contributed by atoms with Gasteiger partial charge in [-0.1, -0.05) is 38.8 Å². The maximum Gasteiger partial charge on any atom is 0.462 e. The number of ether oxygens (including phenoxy) is 1. The van der Waals surface area contributed by atoms with E-state index in [0.29, 0.717) is 18.8 Å². The summed E-state index contributed by atoms with van der Waals surface area (Å²) in [5, 5.41) is 0. The third-order valence-electron chi connectivity index (χ3n) is 2.89. The van der Waals surface area contributed by atoms with Crippen molar-refractivity contribution in [2.75, 3.05) is 6.61 Å². The highest BCUT2D eigenvalue weighted by atomic mass is 19.4. The van der Waals surface area contributed by atoms with E-state index in [9.17, 15) is 18.0 Å². The molecule has 0 spiro atoms. The molecular weight excluding hydrogens is 293 g/mol. The molecule has 0 N–H and O–H groups in total. The Morgan fingerprint density at radius 3 is 2.23 bits per heavy atom. The van der Waals surface area contributed by atoms with Crippen LogP contribution in [0.1, 0.15) is 39.2 Å². The Bertz CT molecular complexity index is 555. The molecule has 0 saturated heterocycles. The number of ketones is 1. The van der Waals surface area contributed by atoms with Gasteiger partial charge >= 0.3 is 12.0 Å². The van der Waals surface area contributed by atoms with Crippen molar-refractivity contribution in [3.8, 4) is 17.6 Å². The van der Waals surface area contributed by atoms with Gasteiger partial charge in [0.2, 0.25) is 0 Å². The Hall–Kier alpha value is -1.96. The molecule has 0 bridgehead atoms. The summed E-state index contributed by atoms with van der Waals surface area (Å²) in [4.78, 5) is 10.5. The Morgan fingerprint density at radius 1 is 1.14 bits per heavy atom. The fraction of sp³-hybridized carbons (Fsp3) is 0.471. The topological polar surface area (TPSA) is 26.3 Å². The molecule has 0 saturated carbocycles. The van der Waals surface area contributed by atoms with Crippen molar-refractivity contribution in [1.29, 1.82) is 0 Å². The van der Waals surface area contributed by atoms with E-state index in [1.54, 1.807) is 5.92 Å². The van der Waals surface area contributed by atoms with E-state index < -0.39 is 12.0 Å². The van der Waals surface area contributed by atoms with E-state index in [1.165, 1.54) is 5.56 Å². The summed E-state index contributed by atoms with van der Waals surface area (Å²) < 4.78 is 41.1. The minimum atomic E-state index is -4.88. The number of hydrogen-bond donors (Lipinski definition) is 0. The molecular formula is C17H19F3O2. The standard InChI is InChI=1S/C17H19F3O2/c1-16(2,3)13-8-10-14(11-9-13)22-12-6-4-5-7-15(21)17(18,19)20/h8-11H,4,6,12H2,1-3H3. The minimum Gasteiger partial charge on any atom is -0.494 e. The predicted octanol–water partition coefficient (Wildman–Crippen LogP) is 4.28. The average molecular weight is 312 g/mol. The van der Waals surface area contributed by atoms with Crippen LogP contribution < -0.4 is 4.74 Å². The molecule has 0 unspecified atom stereocenters. The largest absolute Gasteiger partial charge is 0.494 e. The van der Waals surface area contributed by atoms with Crippen LogP contribution in [0.15, 0.2) is 24.3 Å². The number of benzene rings is 1. The summed E-state index contributed by atoms with van der Waals surface area (Å²) in [5.41, 5.74) is 1.26. The van der Waals surface area contributed by atoms with Gasteiger partial charge in [-0.3, -0.25) is 4.79 Å². The Morgan fingerprint density at radius 2 is 1.73 bits per heavy atom. The molecule has 0 aliphatic rings. The van der Waals surface area contributed by atoms with E-state index in [2.05, 4.69) is 26.7 Å². The number of carbonyl (C=O) groups excluding carboxylic acids is 1. The van der Waals surface area contributed by atoms with Crippen molar-refractivity contribution in [1.82, 2.24) is 0 Å². The highest BCUT2D eigenvalue weighted by Crippen LogP contribution is 2.24. The molecule has 0 aromatic heterocycles. The molecule has 0 radical (unpaired) electrons. The van der Waals surface area contributed by atoms with E-state index in [-0.39, 0.29) is 11.8 Å². The Kier molecular flexibility index (Phi) is 6.04. The van der Waals surface area contributed by atoms with Crippen molar-refractivity contribution in [3.05, 3.63) is 29.8 Å².